The smallest absolute Gasteiger partial charge is 0.315 e. The molecule has 1 aliphatic carbocycles. The summed E-state index contributed by atoms with van der Waals surface area (Å²) in [5, 5.41) is 3.46. The highest BCUT2D eigenvalue weighted by atomic mass is 19.4. The summed E-state index contributed by atoms with van der Waals surface area (Å²) in [5.41, 5.74) is 6.89. The fourth-order valence-corrected chi connectivity index (χ4v) is 6.76. The predicted octanol–water partition coefficient (Wildman–Crippen LogP) is 3.61. The highest BCUT2D eigenvalue weighted by molar-refractivity contribution is 5.57. The van der Waals surface area contributed by atoms with E-state index in [2.05, 4.69) is 34.2 Å². The minimum Gasteiger partial charge on any atom is -0.315 e. The quantitative estimate of drug-likeness (QED) is 0.486. The number of nitrogens with one attached hydrogen (secondary N) is 3. The predicted molar refractivity (Wildman–Crippen MR) is 135 cm³/mol. The summed E-state index contributed by atoms with van der Waals surface area (Å²) in [4.78, 5) is 15.6. The van der Waals surface area contributed by atoms with Gasteiger partial charge in [0.25, 0.3) is 0 Å². The maximum Gasteiger partial charge on any atom is 0.418 e. The van der Waals surface area contributed by atoms with E-state index < -0.39 is 17.4 Å². The van der Waals surface area contributed by atoms with Gasteiger partial charge in [0.05, 0.1) is 29.1 Å². The molecule has 10 heteroatoms. The van der Waals surface area contributed by atoms with Crippen molar-refractivity contribution in [3.63, 3.8) is 0 Å². The number of benzene rings is 1. The molecule has 0 bridgehead atoms. The standard InChI is InChI=1S/C27H33F3N6O/c1-34-18-32-33-26(34,19-7-3-2-4-8-19)15-25(16-31-17-25)20-9-5-10-21(13-20)36-14-23-22(27(28,29)30)11-6-12-35(23)24(36)37/h5-6,9-14,19,31-33H,2-4,7-8,15-18H2,1H3. The van der Waals surface area contributed by atoms with Crippen LogP contribution in [0.5, 0.6) is 0 Å². The van der Waals surface area contributed by atoms with Crippen molar-refractivity contribution in [2.75, 3.05) is 26.8 Å². The number of hydrogen-bond acceptors (Lipinski definition) is 5. The Hall–Kier alpha value is -2.66. The van der Waals surface area contributed by atoms with Crippen LogP contribution in [0.25, 0.3) is 11.2 Å². The molecule has 3 N–H and O–H groups in total. The highest BCUT2D eigenvalue weighted by Gasteiger charge is 2.53. The number of halogens is 3. The van der Waals surface area contributed by atoms with E-state index in [1.165, 1.54) is 55.1 Å². The van der Waals surface area contributed by atoms with Gasteiger partial charge in [-0.2, -0.15) is 13.2 Å². The molecule has 2 saturated heterocycles. The van der Waals surface area contributed by atoms with Gasteiger partial charge in [-0.25, -0.2) is 15.6 Å². The molecule has 1 aromatic carbocycles. The molecule has 0 amide bonds. The normalized spacial score (nSPS) is 25.0. The summed E-state index contributed by atoms with van der Waals surface area (Å²) >= 11 is 0. The molecule has 0 spiro atoms. The molecular weight excluding hydrogens is 481 g/mol. The lowest BCUT2D eigenvalue weighted by Crippen LogP contribution is -2.67. The van der Waals surface area contributed by atoms with Gasteiger partial charge >= 0.3 is 11.9 Å². The fraction of sp³-hybridized carbons (Fsp3) is 0.519. The average Bonchev–Trinajstić information content (AvgIpc) is 3.41. The van der Waals surface area contributed by atoms with Crippen molar-refractivity contribution < 1.29 is 13.2 Å². The van der Waals surface area contributed by atoms with Crippen LogP contribution in [0.3, 0.4) is 0 Å². The molecule has 0 radical (unpaired) electrons. The van der Waals surface area contributed by atoms with Crippen LogP contribution < -0.4 is 21.9 Å². The van der Waals surface area contributed by atoms with Crippen LogP contribution in [0.2, 0.25) is 0 Å². The largest absolute Gasteiger partial charge is 0.418 e. The number of fused-ring (bicyclic) bond motifs is 1. The zero-order chi connectivity index (χ0) is 25.8. The van der Waals surface area contributed by atoms with Crippen molar-refractivity contribution in [3.8, 4) is 5.69 Å². The maximum absolute atomic E-state index is 13.6. The van der Waals surface area contributed by atoms with Gasteiger partial charge in [0.2, 0.25) is 0 Å². The first-order valence-electron chi connectivity index (χ1n) is 13.1. The minimum absolute atomic E-state index is 0.149. The molecule has 3 aliphatic rings. The second kappa shape index (κ2) is 8.97. The first kappa shape index (κ1) is 24.7. The first-order valence-corrected chi connectivity index (χ1v) is 13.1. The van der Waals surface area contributed by atoms with Crippen molar-refractivity contribution in [1.82, 2.24) is 30.0 Å². The van der Waals surface area contributed by atoms with E-state index in [4.69, 9.17) is 0 Å². The second-order valence-electron chi connectivity index (χ2n) is 11.0. The molecule has 1 unspecified atom stereocenters. The van der Waals surface area contributed by atoms with Gasteiger partial charge in [0.1, 0.15) is 0 Å². The summed E-state index contributed by atoms with van der Waals surface area (Å²) in [7, 11) is 2.17. The molecule has 4 heterocycles. The zero-order valence-corrected chi connectivity index (χ0v) is 20.9. The lowest BCUT2D eigenvalue weighted by atomic mass is 9.65. The topological polar surface area (TPSA) is 65.7 Å². The van der Waals surface area contributed by atoms with Crippen LogP contribution in [0.1, 0.15) is 49.7 Å². The van der Waals surface area contributed by atoms with E-state index in [1.54, 1.807) is 6.07 Å². The molecule has 1 atom stereocenters. The number of hydrogen-bond donors (Lipinski definition) is 3. The van der Waals surface area contributed by atoms with Crippen molar-refractivity contribution >= 4 is 5.52 Å². The number of alkyl halides is 3. The third-order valence-electron chi connectivity index (χ3n) is 8.86. The molecule has 3 aromatic rings. The van der Waals surface area contributed by atoms with Gasteiger partial charge in [-0.3, -0.25) is 13.9 Å². The molecule has 6 rings (SSSR count). The summed E-state index contributed by atoms with van der Waals surface area (Å²) in [6, 6.07) is 10.0. The Morgan fingerprint density at radius 3 is 2.51 bits per heavy atom. The Morgan fingerprint density at radius 1 is 1.08 bits per heavy atom. The molecule has 2 aliphatic heterocycles. The summed E-state index contributed by atoms with van der Waals surface area (Å²) < 4.78 is 43.2. The number of rotatable bonds is 5. The lowest BCUT2D eigenvalue weighted by Gasteiger charge is -2.53. The number of imidazole rings is 1. The van der Waals surface area contributed by atoms with E-state index in [1.807, 2.05) is 12.1 Å². The van der Waals surface area contributed by atoms with Crippen molar-refractivity contribution in [2.24, 2.45) is 5.92 Å². The van der Waals surface area contributed by atoms with Crippen LogP contribution in [0.4, 0.5) is 13.2 Å². The van der Waals surface area contributed by atoms with Crippen LogP contribution >= 0.6 is 0 Å². The van der Waals surface area contributed by atoms with Gasteiger partial charge in [0.15, 0.2) is 0 Å². The SMILES string of the molecule is CN1CNNC1(CC1(c2cccc(-n3cc4c(C(F)(F)F)cccn4c3=O)c2)CNC1)C1CCCCC1. The van der Waals surface area contributed by atoms with Crippen molar-refractivity contribution in [2.45, 2.75) is 55.8 Å². The third-order valence-corrected chi connectivity index (χ3v) is 8.86. The molecule has 198 valence electrons. The summed E-state index contributed by atoms with van der Waals surface area (Å²) in [6.07, 6.45) is 5.19. The number of aromatic nitrogens is 2. The number of pyridine rings is 1. The molecular formula is C27H33F3N6O. The van der Waals surface area contributed by atoms with Crippen molar-refractivity contribution in [3.05, 3.63) is 70.4 Å². The second-order valence-corrected chi connectivity index (χ2v) is 11.0. The minimum atomic E-state index is -4.55. The highest BCUT2D eigenvalue weighted by Crippen LogP contribution is 2.45. The van der Waals surface area contributed by atoms with E-state index in [9.17, 15) is 18.0 Å². The number of hydrazine groups is 1. The summed E-state index contributed by atoms with van der Waals surface area (Å²) in [5.74, 6) is 0.530. The van der Waals surface area contributed by atoms with Crippen LogP contribution in [-0.4, -0.2) is 46.3 Å². The molecule has 1 saturated carbocycles. The molecule has 3 fully saturated rings. The zero-order valence-electron chi connectivity index (χ0n) is 20.9. The van der Waals surface area contributed by atoms with Gasteiger partial charge in [-0.1, -0.05) is 31.4 Å². The van der Waals surface area contributed by atoms with Gasteiger partial charge in [-0.05, 0) is 62.1 Å². The van der Waals surface area contributed by atoms with Crippen LogP contribution in [-0.2, 0) is 11.6 Å². The lowest BCUT2D eigenvalue weighted by molar-refractivity contribution is -0.136. The fourth-order valence-electron chi connectivity index (χ4n) is 6.76. The maximum atomic E-state index is 13.6. The van der Waals surface area contributed by atoms with Crippen LogP contribution in [0, 0.1) is 5.92 Å². The first-order chi connectivity index (χ1) is 17.7. The van der Waals surface area contributed by atoms with Crippen LogP contribution in [0.15, 0.2) is 53.6 Å². The van der Waals surface area contributed by atoms with E-state index in [0.29, 0.717) is 11.6 Å². The Balaban J connectivity index is 1.39. The Morgan fingerprint density at radius 2 is 1.86 bits per heavy atom. The van der Waals surface area contributed by atoms with Gasteiger partial charge in [-0.15, -0.1) is 0 Å². The third kappa shape index (κ3) is 4.01. The average molecular weight is 515 g/mol. The van der Waals surface area contributed by atoms with E-state index >= 15 is 0 Å². The Labute approximate surface area is 213 Å². The number of nitrogens with zero attached hydrogens (tertiary/aromatic N) is 3. The van der Waals surface area contributed by atoms with E-state index in [0.717, 1.165) is 42.2 Å². The molecule has 7 nitrogen and oxygen atoms in total. The van der Waals surface area contributed by atoms with E-state index in [-0.39, 0.29) is 16.6 Å². The molecule has 37 heavy (non-hydrogen) atoms. The van der Waals surface area contributed by atoms with Gasteiger partial charge < -0.3 is 5.32 Å². The van der Waals surface area contributed by atoms with Crippen molar-refractivity contribution in [1.29, 1.82) is 0 Å². The molecule has 2 aromatic heterocycles. The monoisotopic (exact) mass is 514 g/mol. The summed E-state index contributed by atoms with van der Waals surface area (Å²) in [6.45, 7) is 2.39. The van der Waals surface area contributed by atoms with Gasteiger partial charge in [0, 0.05) is 30.9 Å². The Kier molecular flexibility index (Phi) is 5.98. The Bertz CT molecular complexity index is 1350.